The molecule has 0 saturated carbocycles. The summed E-state index contributed by atoms with van der Waals surface area (Å²) in [5, 5.41) is 0. The Bertz CT molecular complexity index is 160. The first kappa shape index (κ1) is 6.20. The Labute approximate surface area is 55.0 Å². The van der Waals surface area contributed by atoms with E-state index in [1.165, 1.54) is 0 Å². The Balaban J connectivity index is 2.61. The van der Waals surface area contributed by atoms with Crippen molar-refractivity contribution in [3.63, 3.8) is 0 Å². The van der Waals surface area contributed by atoms with Crippen LogP contribution < -0.4 is 0 Å². The van der Waals surface area contributed by atoms with Gasteiger partial charge in [0.1, 0.15) is 5.82 Å². The predicted molar refractivity (Wildman–Crippen MR) is 34.9 cm³/mol. The summed E-state index contributed by atoms with van der Waals surface area (Å²) < 4.78 is 0. The number of rotatable bonds is 2. The van der Waals surface area contributed by atoms with E-state index in [4.69, 9.17) is 0 Å². The molecule has 2 nitrogen and oxygen atoms in total. The quantitative estimate of drug-likeness (QED) is 0.588. The van der Waals surface area contributed by atoms with Gasteiger partial charge >= 0.3 is 0 Å². The lowest BCUT2D eigenvalue weighted by Crippen LogP contribution is -1.90. The van der Waals surface area contributed by atoms with Gasteiger partial charge in [-0.15, -0.1) is 0 Å². The van der Waals surface area contributed by atoms with Gasteiger partial charge in [0.15, 0.2) is 0 Å². The third-order valence-electron chi connectivity index (χ3n) is 1.04. The van der Waals surface area contributed by atoms with Crippen LogP contribution in [0.4, 0.5) is 0 Å². The molecular weight excluding hydrogens is 112 g/mol. The number of aromatic nitrogens is 2. The molecule has 1 heterocycles. The molecule has 0 aliphatic carbocycles. The van der Waals surface area contributed by atoms with Crippen LogP contribution in [-0.2, 0) is 6.42 Å². The largest absolute Gasteiger partial charge is 0.241 e. The summed E-state index contributed by atoms with van der Waals surface area (Å²) in [6, 6.07) is 1.71. The molecule has 47 valence electrons. The second-order valence-corrected chi connectivity index (χ2v) is 1.85. The van der Waals surface area contributed by atoms with Gasteiger partial charge in [0, 0.05) is 12.6 Å². The fourth-order valence-electron chi connectivity index (χ4n) is 0.641. The van der Waals surface area contributed by atoms with Gasteiger partial charge in [0.25, 0.3) is 0 Å². The van der Waals surface area contributed by atoms with Gasteiger partial charge in [0.2, 0.25) is 0 Å². The van der Waals surface area contributed by atoms with Crippen LogP contribution in [0.5, 0.6) is 0 Å². The molecular formula is C7H9N2. The molecule has 0 aliphatic rings. The molecule has 9 heavy (non-hydrogen) atoms. The van der Waals surface area contributed by atoms with Gasteiger partial charge < -0.3 is 0 Å². The average Bonchev–Trinajstić information content (AvgIpc) is 1.91. The van der Waals surface area contributed by atoms with Gasteiger partial charge in [0.05, 0.1) is 6.20 Å². The summed E-state index contributed by atoms with van der Waals surface area (Å²) in [7, 11) is 0. The normalized spacial score (nSPS) is 9.44. The van der Waals surface area contributed by atoms with Crippen molar-refractivity contribution < 1.29 is 0 Å². The van der Waals surface area contributed by atoms with Crippen LogP contribution in [0, 0.1) is 6.20 Å². The second-order valence-electron chi connectivity index (χ2n) is 1.85. The number of nitrogens with zero attached hydrogens (tertiary/aromatic N) is 2. The van der Waals surface area contributed by atoms with E-state index in [9.17, 15) is 0 Å². The van der Waals surface area contributed by atoms with E-state index >= 15 is 0 Å². The standard InChI is InChI=1S/C7H9N2/c1-2-4-7-8-5-3-6-9-7/h3,5H,2,4H2,1H3. The molecule has 0 amide bonds. The van der Waals surface area contributed by atoms with Gasteiger partial charge in [-0.05, 0) is 12.5 Å². The summed E-state index contributed by atoms with van der Waals surface area (Å²) in [6.07, 6.45) is 6.50. The van der Waals surface area contributed by atoms with E-state index in [1.807, 2.05) is 0 Å². The van der Waals surface area contributed by atoms with Crippen LogP contribution in [0.2, 0.25) is 0 Å². The lowest BCUT2D eigenvalue weighted by atomic mass is 10.3. The van der Waals surface area contributed by atoms with Gasteiger partial charge in [-0.25, -0.2) is 9.97 Å². The molecule has 0 aromatic carbocycles. The van der Waals surface area contributed by atoms with E-state index in [0.717, 1.165) is 18.7 Å². The molecule has 2 heteroatoms. The van der Waals surface area contributed by atoms with Gasteiger partial charge in [-0.2, -0.15) is 0 Å². The zero-order chi connectivity index (χ0) is 6.53. The number of hydrogen-bond donors (Lipinski definition) is 0. The number of aryl methyl sites for hydroxylation is 1. The minimum Gasteiger partial charge on any atom is -0.241 e. The SMILES string of the molecule is CCCc1n[c]ccn1. The lowest BCUT2D eigenvalue weighted by molar-refractivity contribution is 0.832. The van der Waals surface area contributed by atoms with Crippen LogP contribution in [0.15, 0.2) is 12.3 Å². The molecule has 0 N–H and O–H groups in total. The maximum Gasteiger partial charge on any atom is 0.129 e. The van der Waals surface area contributed by atoms with E-state index in [2.05, 4.69) is 23.1 Å². The molecule has 0 unspecified atom stereocenters. The zero-order valence-corrected chi connectivity index (χ0v) is 5.46. The minimum atomic E-state index is 0.889. The highest BCUT2D eigenvalue weighted by molar-refractivity contribution is 4.86. The molecule has 0 saturated heterocycles. The maximum atomic E-state index is 4.03. The van der Waals surface area contributed by atoms with E-state index in [1.54, 1.807) is 12.3 Å². The second kappa shape index (κ2) is 3.17. The highest BCUT2D eigenvalue weighted by Gasteiger charge is 1.88. The Morgan fingerprint density at radius 2 is 2.56 bits per heavy atom. The van der Waals surface area contributed by atoms with Crippen molar-refractivity contribution >= 4 is 0 Å². The van der Waals surface area contributed by atoms with Crippen LogP contribution >= 0.6 is 0 Å². The molecule has 1 rings (SSSR count). The maximum absolute atomic E-state index is 4.03. The highest BCUT2D eigenvalue weighted by Crippen LogP contribution is 1.90. The lowest BCUT2D eigenvalue weighted by Gasteiger charge is -1.91. The fourth-order valence-corrected chi connectivity index (χ4v) is 0.641. The molecule has 0 bridgehead atoms. The topological polar surface area (TPSA) is 25.8 Å². The van der Waals surface area contributed by atoms with Crippen LogP contribution in [0.25, 0.3) is 0 Å². The molecule has 1 aromatic rings. The van der Waals surface area contributed by atoms with Crippen LogP contribution in [-0.4, -0.2) is 9.97 Å². The van der Waals surface area contributed by atoms with E-state index in [-0.39, 0.29) is 0 Å². The third-order valence-corrected chi connectivity index (χ3v) is 1.04. The molecule has 1 aromatic heterocycles. The summed E-state index contributed by atoms with van der Waals surface area (Å²) in [5.74, 6) is 0.889. The van der Waals surface area contributed by atoms with Crippen molar-refractivity contribution in [3.05, 3.63) is 24.3 Å². The Kier molecular flexibility index (Phi) is 2.19. The zero-order valence-electron chi connectivity index (χ0n) is 5.46. The van der Waals surface area contributed by atoms with Crippen molar-refractivity contribution in [1.82, 2.24) is 9.97 Å². The third kappa shape index (κ3) is 1.80. The first-order valence-electron chi connectivity index (χ1n) is 3.11. The van der Waals surface area contributed by atoms with Crippen molar-refractivity contribution in [2.24, 2.45) is 0 Å². The summed E-state index contributed by atoms with van der Waals surface area (Å²) in [4.78, 5) is 7.96. The molecule has 0 aliphatic heterocycles. The molecule has 0 fully saturated rings. The average molecular weight is 121 g/mol. The Morgan fingerprint density at radius 1 is 1.67 bits per heavy atom. The summed E-state index contributed by atoms with van der Waals surface area (Å²) in [6.45, 7) is 2.11. The van der Waals surface area contributed by atoms with E-state index < -0.39 is 0 Å². The first-order chi connectivity index (χ1) is 4.43. The van der Waals surface area contributed by atoms with Crippen molar-refractivity contribution in [2.45, 2.75) is 19.8 Å². The molecule has 0 spiro atoms. The van der Waals surface area contributed by atoms with E-state index in [0.29, 0.717) is 0 Å². The molecule has 0 atom stereocenters. The molecule has 1 radical (unpaired) electrons. The number of hydrogen-bond acceptors (Lipinski definition) is 2. The van der Waals surface area contributed by atoms with Crippen LogP contribution in [0.1, 0.15) is 19.2 Å². The highest BCUT2D eigenvalue weighted by atomic mass is 14.8. The van der Waals surface area contributed by atoms with Crippen molar-refractivity contribution in [3.8, 4) is 0 Å². The Hall–Kier alpha value is -0.920. The van der Waals surface area contributed by atoms with Gasteiger partial charge in [-0.3, -0.25) is 0 Å². The summed E-state index contributed by atoms with van der Waals surface area (Å²) >= 11 is 0. The minimum absolute atomic E-state index is 0.889. The summed E-state index contributed by atoms with van der Waals surface area (Å²) in [5.41, 5.74) is 0. The monoisotopic (exact) mass is 121 g/mol. The Morgan fingerprint density at radius 3 is 3.11 bits per heavy atom. The first-order valence-corrected chi connectivity index (χ1v) is 3.11. The smallest absolute Gasteiger partial charge is 0.129 e. The van der Waals surface area contributed by atoms with Crippen LogP contribution in [0.3, 0.4) is 0 Å². The van der Waals surface area contributed by atoms with Crippen molar-refractivity contribution in [2.75, 3.05) is 0 Å². The van der Waals surface area contributed by atoms with Crippen molar-refractivity contribution in [1.29, 1.82) is 0 Å². The van der Waals surface area contributed by atoms with Gasteiger partial charge in [-0.1, -0.05) is 6.92 Å². The fraction of sp³-hybridized carbons (Fsp3) is 0.429. The predicted octanol–water partition coefficient (Wildman–Crippen LogP) is 1.23.